The van der Waals surface area contributed by atoms with E-state index in [1.54, 1.807) is 25.3 Å². The lowest BCUT2D eigenvalue weighted by Gasteiger charge is -2.09. The average Bonchev–Trinajstić information content (AvgIpc) is 3.52. The maximum Gasteiger partial charge on any atom is 0.335 e. The molecule has 182 valence electrons. The first-order valence-corrected chi connectivity index (χ1v) is 12.1. The molecule has 0 amide bonds. The summed E-state index contributed by atoms with van der Waals surface area (Å²) in [6.07, 6.45) is 3.93. The number of ether oxygens (including phenoxy) is 1. The summed E-state index contributed by atoms with van der Waals surface area (Å²) in [5.74, 6) is -0.0678. The summed E-state index contributed by atoms with van der Waals surface area (Å²) in [4.78, 5) is 16.0. The Morgan fingerprint density at radius 1 is 0.811 bits per heavy atom. The molecule has 6 nitrogen and oxygen atoms in total. The van der Waals surface area contributed by atoms with Gasteiger partial charge in [-0.05, 0) is 76.2 Å². The van der Waals surface area contributed by atoms with Gasteiger partial charge in [0.25, 0.3) is 0 Å². The lowest BCUT2D eigenvalue weighted by molar-refractivity contribution is 0.0696. The van der Waals surface area contributed by atoms with E-state index in [-0.39, 0.29) is 0 Å². The second-order valence-corrected chi connectivity index (χ2v) is 9.15. The lowest BCUT2D eigenvalue weighted by atomic mass is 10.0. The average molecular weight is 488 g/mol. The van der Waals surface area contributed by atoms with Crippen molar-refractivity contribution in [3.05, 3.63) is 120 Å². The zero-order chi connectivity index (χ0) is 25.4. The highest BCUT2D eigenvalue weighted by molar-refractivity contribution is 5.89. The summed E-state index contributed by atoms with van der Waals surface area (Å²) in [5.41, 5.74) is 7.73. The molecule has 2 aromatic heterocycles. The van der Waals surface area contributed by atoms with Gasteiger partial charge in [0.05, 0.1) is 30.0 Å². The number of aromatic carboxylic acids is 1. The Balaban J connectivity index is 1.30. The van der Waals surface area contributed by atoms with Crippen molar-refractivity contribution in [1.29, 1.82) is 0 Å². The van der Waals surface area contributed by atoms with Crippen LogP contribution in [0.5, 0.6) is 5.75 Å². The Morgan fingerprint density at radius 3 is 2.41 bits per heavy atom. The summed E-state index contributed by atoms with van der Waals surface area (Å²) in [7, 11) is 1.68. The topological polar surface area (TPSA) is 69.3 Å². The van der Waals surface area contributed by atoms with Gasteiger partial charge in [0.15, 0.2) is 0 Å². The van der Waals surface area contributed by atoms with Crippen LogP contribution in [0.1, 0.15) is 21.5 Å². The zero-order valence-electron chi connectivity index (χ0n) is 20.3. The fraction of sp³-hybridized carbons (Fsp3) is 0.0968. The molecule has 0 bridgehead atoms. The number of hydrogen-bond acceptors (Lipinski definition) is 3. The molecule has 0 fully saturated rings. The van der Waals surface area contributed by atoms with E-state index in [0.717, 1.165) is 56.5 Å². The molecular weight excluding hydrogens is 462 g/mol. The lowest BCUT2D eigenvalue weighted by Crippen LogP contribution is -2.01. The predicted octanol–water partition coefficient (Wildman–Crippen LogP) is 6.46. The molecular formula is C31H25N3O3. The van der Waals surface area contributed by atoms with Gasteiger partial charge in [-0.3, -0.25) is 0 Å². The molecule has 6 aromatic rings. The number of carboxylic acid groups (broad SMARTS) is 1. The van der Waals surface area contributed by atoms with Gasteiger partial charge in [-0.2, -0.15) is 0 Å². The van der Waals surface area contributed by atoms with Gasteiger partial charge in [0.2, 0.25) is 0 Å². The van der Waals surface area contributed by atoms with Crippen LogP contribution in [0.15, 0.2) is 104 Å². The molecule has 0 unspecified atom stereocenters. The fourth-order valence-corrected chi connectivity index (χ4v) is 4.84. The van der Waals surface area contributed by atoms with Gasteiger partial charge in [-0.25, -0.2) is 9.78 Å². The van der Waals surface area contributed by atoms with E-state index in [4.69, 9.17) is 4.74 Å². The molecule has 0 aliphatic rings. The number of aromatic nitrogens is 3. The van der Waals surface area contributed by atoms with Crippen LogP contribution in [0.2, 0.25) is 0 Å². The van der Waals surface area contributed by atoms with Crippen LogP contribution in [0.25, 0.3) is 33.1 Å². The van der Waals surface area contributed by atoms with Crippen LogP contribution < -0.4 is 4.74 Å². The van der Waals surface area contributed by atoms with Crippen LogP contribution in [0.3, 0.4) is 0 Å². The van der Waals surface area contributed by atoms with Gasteiger partial charge in [-0.1, -0.05) is 42.5 Å². The highest BCUT2D eigenvalue weighted by Crippen LogP contribution is 2.28. The third-order valence-corrected chi connectivity index (χ3v) is 6.74. The van der Waals surface area contributed by atoms with Crippen LogP contribution in [0, 0.1) is 0 Å². The maximum atomic E-state index is 11.4. The molecule has 0 atom stereocenters. The minimum absolute atomic E-state index is 0.300. The second kappa shape index (κ2) is 9.32. The van der Waals surface area contributed by atoms with E-state index in [2.05, 4.69) is 62.6 Å². The SMILES string of the molecule is COc1cccc(Cn2cnc3cc(-c4ccc5ccn(Cc6cccc(C(=O)O)c6)c5c4)ccc32)c1. The smallest absolute Gasteiger partial charge is 0.335 e. The molecule has 37 heavy (non-hydrogen) atoms. The van der Waals surface area contributed by atoms with Crippen LogP contribution in [0.4, 0.5) is 0 Å². The molecule has 0 radical (unpaired) electrons. The van der Waals surface area contributed by atoms with Gasteiger partial charge in [0.1, 0.15) is 5.75 Å². The van der Waals surface area contributed by atoms with Gasteiger partial charge >= 0.3 is 5.97 Å². The number of fused-ring (bicyclic) bond motifs is 2. The van der Waals surface area contributed by atoms with Crippen molar-refractivity contribution in [3.8, 4) is 16.9 Å². The van der Waals surface area contributed by atoms with E-state index in [0.29, 0.717) is 12.1 Å². The molecule has 4 aromatic carbocycles. The number of nitrogens with zero attached hydrogens (tertiary/aromatic N) is 3. The van der Waals surface area contributed by atoms with Crippen molar-refractivity contribution in [2.24, 2.45) is 0 Å². The number of carbonyl (C=O) groups is 1. The van der Waals surface area contributed by atoms with E-state index >= 15 is 0 Å². The largest absolute Gasteiger partial charge is 0.497 e. The summed E-state index contributed by atoms with van der Waals surface area (Å²) in [6, 6.07) is 30.1. The quantitative estimate of drug-likeness (QED) is 0.281. The minimum atomic E-state index is -0.914. The Morgan fingerprint density at radius 2 is 1.57 bits per heavy atom. The van der Waals surface area contributed by atoms with E-state index in [1.807, 2.05) is 36.8 Å². The minimum Gasteiger partial charge on any atom is -0.497 e. The summed E-state index contributed by atoms with van der Waals surface area (Å²) >= 11 is 0. The van der Waals surface area contributed by atoms with Crippen molar-refractivity contribution in [2.45, 2.75) is 13.1 Å². The van der Waals surface area contributed by atoms with Crippen molar-refractivity contribution >= 4 is 27.9 Å². The maximum absolute atomic E-state index is 11.4. The number of benzene rings is 4. The van der Waals surface area contributed by atoms with Gasteiger partial charge in [0, 0.05) is 24.8 Å². The molecule has 2 heterocycles. The van der Waals surface area contributed by atoms with Crippen LogP contribution >= 0.6 is 0 Å². The molecule has 0 saturated carbocycles. The fourth-order valence-electron chi connectivity index (χ4n) is 4.84. The van der Waals surface area contributed by atoms with Gasteiger partial charge in [-0.15, -0.1) is 0 Å². The Labute approximate surface area is 214 Å². The summed E-state index contributed by atoms with van der Waals surface area (Å²) in [6.45, 7) is 1.32. The first-order valence-electron chi connectivity index (χ1n) is 12.1. The van der Waals surface area contributed by atoms with Crippen LogP contribution in [-0.2, 0) is 13.1 Å². The first kappa shape index (κ1) is 22.6. The van der Waals surface area contributed by atoms with E-state index < -0.39 is 5.97 Å². The molecule has 0 aliphatic carbocycles. The first-order chi connectivity index (χ1) is 18.1. The standard InChI is InChI=1S/C31H25N3O3/c1-37-27-7-3-5-22(15-27)19-34-20-32-28-16-24(10-11-29(28)34)25-9-8-23-12-13-33(30(23)17-25)18-21-4-2-6-26(14-21)31(35)36/h2-17,20H,18-19H2,1H3,(H,35,36). The molecule has 0 aliphatic heterocycles. The normalized spacial score (nSPS) is 11.3. The number of rotatable bonds is 7. The Hall–Kier alpha value is -4.84. The van der Waals surface area contributed by atoms with Crippen molar-refractivity contribution in [2.75, 3.05) is 7.11 Å². The highest BCUT2D eigenvalue weighted by Gasteiger charge is 2.10. The predicted molar refractivity (Wildman–Crippen MR) is 145 cm³/mol. The molecule has 0 saturated heterocycles. The van der Waals surface area contributed by atoms with Crippen molar-refractivity contribution < 1.29 is 14.6 Å². The number of imidazole rings is 1. The van der Waals surface area contributed by atoms with Crippen molar-refractivity contribution in [1.82, 2.24) is 14.1 Å². The van der Waals surface area contributed by atoms with E-state index in [1.165, 1.54) is 0 Å². The zero-order valence-corrected chi connectivity index (χ0v) is 20.3. The second-order valence-electron chi connectivity index (χ2n) is 9.15. The van der Waals surface area contributed by atoms with Crippen molar-refractivity contribution in [3.63, 3.8) is 0 Å². The molecule has 6 heteroatoms. The Bertz CT molecular complexity index is 1760. The summed E-state index contributed by atoms with van der Waals surface area (Å²) in [5, 5.41) is 10.5. The monoisotopic (exact) mass is 487 g/mol. The molecule has 6 rings (SSSR count). The van der Waals surface area contributed by atoms with Crippen LogP contribution in [-0.4, -0.2) is 32.3 Å². The molecule has 0 spiro atoms. The third kappa shape index (κ3) is 4.45. The van der Waals surface area contributed by atoms with Gasteiger partial charge < -0.3 is 19.0 Å². The summed E-state index contributed by atoms with van der Waals surface area (Å²) < 4.78 is 9.66. The third-order valence-electron chi connectivity index (χ3n) is 6.74. The number of hydrogen-bond donors (Lipinski definition) is 1. The number of carboxylic acids is 1. The Kier molecular flexibility index (Phi) is 5.69. The number of methoxy groups -OCH3 is 1. The molecule has 1 N–H and O–H groups in total. The van der Waals surface area contributed by atoms with E-state index in [9.17, 15) is 9.90 Å². The highest BCUT2D eigenvalue weighted by atomic mass is 16.5.